The minimum Gasteiger partial charge on any atom is -0.481 e. The van der Waals surface area contributed by atoms with Crippen LogP contribution in [0, 0.1) is 5.92 Å². The number of nitrogens with one attached hydrogen (secondary N) is 2. The lowest BCUT2D eigenvalue weighted by molar-refractivity contribution is -0.140. The van der Waals surface area contributed by atoms with E-state index in [2.05, 4.69) is 34.9 Å². The number of hydrogen-bond donors (Lipinski definition) is 3. The van der Waals surface area contributed by atoms with Crippen molar-refractivity contribution in [2.45, 2.75) is 31.8 Å². The Morgan fingerprint density at radius 2 is 1.61 bits per heavy atom. The average Bonchev–Trinajstić information content (AvgIpc) is 3.13. The van der Waals surface area contributed by atoms with Gasteiger partial charge in [-0.3, -0.25) is 9.59 Å². The van der Waals surface area contributed by atoms with Gasteiger partial charge in [-0.15, -0.1) is 0 Å². The molecule has 8 nitrogen and oxygen atoms in total. The van der Waals surface area contributed by atoms with Crippen molar-refractivity contribution in [2.75, 3.05) is 26.8 Å². The van der Waals surface area contributed by atoms with Crippen molar-refractivity contribution in [3.8, 4) is 11.1 Å². The maximum Gasteiger partial charge on any atom is 0.407 e. The summed E-state index contributed by atoms with van der Waals surface area (Å²) >= 11 is 0. The second kappa shape index (κ2) is 11.5. The van der Waals surface area contributed by atoms with Crippen molar-refractivity contribution < 1.29 is 29.0 Å². The molecule has 1 aliphatic carbocycles. The number of carboxylic acids is 1. The third kappa shape index (κ3) is 6.32. The van der Waals surface area contributed by atoms with E-state index in [1.807, 2.05) is 24.3 Å². The Balaban J connectivity index is 1.41. The first-order valence-electron chi connectivity index (χ1n) is 11.0. The molecular weight excluding hydrogens is 424 g/mol. The van der Waals surface area contributed by atoms with Gasteiger partial charge in [-0.25, -0.2) is 4.79 Å². The summed E-state index contributed by atoms with van der Waals surface area (Å²) in [4.78, 5) is 35.2. The molecule has 8 heteroatoms. The van der Waals surface area contributed by atoms with Gasteiger partial charge in [0.1, 0.15) is 6.61 Å². The molecule has 0 heterocycles. The second-order valence-electron chi connectivity index (χ2n) is 8.14. The second-order valence-corrected chi connectivity index (χ2v) is 8.14. The maximum absolute atomic E-state index is 12.2. The number of amides is 2. The molecule has 0 saturated heterocycles. The number of methoxy groups -OCH3 is 1. The third-order valence-corrected chi connectivity index (χ3v) is 5.88. The van der Waals surface area contributed by atoms with E-state index in [1.54, 1.807) is 6.92 Å². The first-order valence-corrected chi connectivity index (χ1v) is 11.0. The summed E-state index contributed by atoms with van der Waals surface area (Å²) < 4.78 is 10.5. The van der Waals surface area contributed by atoms with Crippen molar-refractivity contribution >= 4 is 18.0 Å². The number of hydrogen-bond acceptors (Lipinski definition) is 5. The van der Waals surface area contributed by atoms with E-state index in [1.165, 1.54) is 18.2 Å². The number of rotatable bonds is 11. The Labute approximate surface area is 193 Å². The van der Waals surface area contributed by atoms with Crippen LogP contribution in [-0.4, -0.2) is 56.0 Å². The highest BCUT2D eigenvalue weighted by Gasteiger charge is 2.29. The van der Waals surface area contributed by atoms with Gasteiger partial charge in [-0.05, 0) is 28.7 Å². The van der Waals surface area contributed by atoms with Crippen molar-refractivity contribution in [3.05, 3.63) is 59.7 Å². The number of carbonyl (C=O) groups excluding carboxylic acids is 2. The van der Waals surface area contributed by atoms with Gasteiger partial charge >= 0.3 is 12.1 Å². The molecule has 0 aliphatic heterocycles. The molecule has 3 rings (SSSR count). The first-order chi connectivity index (χ1) is 15.9. The predicted molar refractivity (Wildman–Crippen MR) is 123 cm³/mol. The van der Waals surface area contributed by atoms with Gasteiger partial charge in [0.2, 0.25) is 5.91 Å². The standard InChI is InChI=1S/C25H30N2O6/c1-16(24(30)27-14-17(32-2)13-23(28)29)11-12-26-25(31)33-15-22-20-9-5-3-7-18(20)19-8-4-6-10-21(19)22/h3-10,16-17,22H,11-15H2,1-2H3,(H,26,31)(H,27,30)(H,28,29). The molecular formula is C25H30N2O6. The van der Waals surface area contributed by atoms with E-state index in [-0.39, 0.29) is 43.9 Å². The zero-order valence-electron chi connectivity index (χ0n) is 18.9. The van der Waals surface area contributed by atoms with Gasteiger partial charge in [0.15, 0.2) is 0 Å². The number of alkyl carbamates (subject to hydrolysis) is 1. The van der Waals surface area contributed by atoms with Gasteiger partial charge in [-0.1, -0.05) is 55.5 Å². The van der Waals surface area contributed by atoms with E-state index in [4.69, 9.17) is 14.6 Å². The number of ether oxygens (including phenoxy) is 2. The molecule has 0 spiro atoms. The summed E-state index contributed by atoms with van der Waals surface area (Å²) in [6.45, 7) is 2.38. The average molecular weight is 455 g/mol. The lowest BCUT2D eigenvalue weighted by atomic mass is 9.98. The lowest BCUT2D eigenvalue weighted by Crippen LogP contribution is -2.38. The summed E-state index contributed by atoms with van der Waals surface area (Å²) in [6, 6.07) is 16.3. The molecule has 2 unspecified atom stereocenters. The quantitative estimate of drug-likeness (QED) is 0.481. The third-order valence-electron chi connectivity index (χ3n) is 5.88. The van der Waals surface area contributed by atoms with Gasteiger partial charge in [-0.2, -0.15) is 0 Å². The van der Waals surface area contributed by atoms with Crippen molar-refractivity contribution in [1.29, 1.82) is 0 Å². The van der Waals surface area contributed by atoms with Crippen LogP contribution >= 0.6 is 0 Å². The van der Waals surface area contributed by atoms with Crippen LogP contribution in [0.3, 0.4) is 0 Å². The van der Waals surface area contributed by atoms with Gasteiger partial charge in [0, 0.05) is 32.0 Å². The number of carbonyl (C=O) groups is 3. The van der Waals surface area contributed by atoms with Gasteiger partial charge in [0.25, 0.3) is 0 Å². The highest BCUT2D eigenvalue weighted by molar-refractivity contribution is 5.79. The Morgan fingerprint density at radius 3 is 2.18 bits per heavy atom. The molecule has 0 fully saturated rings. The highest BCUT2D eigenvalue weighted by atomic mass is 16.5. The summed E-state index contributed by atoms with van der Waals surface area (Å²) in [5.41, 5.74) is 4.63. The fourth-order valence-electron chi connectivity index (χ4n) is 3.99. The number of carboxylic acid groups (broad SMARTS) is 1. The lowest BCUT2D eigenvalue weighted by Gasteiger charge is -2.17. The van der Waals surface area contributed by atoms with Crippen molar-refractivity contribution in [3.63, 3.8) is 0 Å². The molecule has 2 atom stereocenters. The Morgan fingerprint density at radius 1 is 1.00 bits per heavy atom. The van der Waals surface area contributed by atoms with Crippen LogP contribution in [0.5, 0.6) is 0 Å². The molecule has 0 radical (unpaired) electrons. The molecule has 33 heavy (non-hydrogen) atoms. The zero-order chi connectivity index (χ0) is 23.8. The Bertz CT molecular complexity index is 947. The van der Waals surface area contributed by atoms with Crippen molar-refractivity contribution in [2.24, 2.45) is 5.92 Å². The fourth-order valence-corrected chi connectivity index (χ4v) is 3.99. The number of fused-ring (bicyclic) bond motifs is 3. The monoisotopic (exact) mass is 454 g/mol. The SMILES string of the molecule is COC(CNC(=O)C(C)CCNC(=O)OCC1c2ccccc2-c2ccccc21)CC(=O)O. The van der Waals surface area contributed by atoms with E-state index in [0.29, 0.717) is 6.42 Å². The molecule has 3 N–H and O–H groups in total. The van der Waals surface area contributed by atoms with Crippen LogP contribution < -0.4 is 10.6 Å². The smallest absolute Gasteiger partial charge is 0.407 e. The molecule has 0 aromatic heterocycles. The highest BCUT2D eigenvalue weighted by Crippen LogP contribution is 2.44. The van der Waals surface area contributed by atoms with E-state index in [0.717, 1.165) is 11.1 Å². The summed E-state index contributed by atoms with van der Waals surface area (Å²) in [7, 11) is 1.40. The topological polar surface area (TPSA) is 114 Å². The predicted octanol–water partition coefficient (Wildman–Crippen LogP) is 3.16. The van der Waals surface area contributed by atoms with E-state index >= 15 is 0 Å². The number of benzene rings is 2. The zero-order valence-corrected chi connectivity index (χ0v) is 18.9. The molecule has 1 aliphatic rings. The number of aliphatic carboxylic acids is 1. The Hall–Kier alpha value is -3.39. The summed E-state index contributed by atoms with van der Waals surface area (Å²) in [6.07, 6.45) is -0.871. The van der Waals surface area contributed by atoms with Crippen molar-refractivity contribution in [1.82, 2.24) is 10.6 Å². The van der Waals surface area contributed by atoms with Crippen LogP contribution in [0.1, 0.15) is 36.8 Å². The molecule has 2 aromatic rings. The van der Waals surface area contributed by atoms with E-state index < -0.39 is 18.2 Å². The van der Waals surface area contributed by atoms with E-state index in [9.17, 15) is 14.4 Å². The largest absolute Gasteiger partial charge is 0.481 e. The van der Waals surface area contributed by atoms with Crippen LogP contribution in [0.25, 0.3) is 11.1 Å². The normalized spacial score (nSPS) is 14.0. The van der Waals surface area contributed by atoms with Crippen LogP contribution in [0.2, 0.25) is 0 Å². The Kier molecular flexibility index (Phi) is 8.43. The summed E-state index contributed by atoms with van der Waals surface area (Å²) in [5.74, 6) is -1.58. The van der Waals surface area contributed by atoms with Gasteiger partial charge in [0.05, 0.1) is 12.5 Å². The molecule has 0 bridgehead atoms. The first kappa shape index (κ1) is 24.3. The fraction of sp³-hybridized carbons (Fsp3) is 0.400. The summed E-state index contributed by atoms with van der Waals surface area (Å²) in [5, 5.41) is 14.2. The maximum atomic E-state index is 12.2. The van der Waals surface area contributed by atoms with Crippen LogP contribution in [-0.2, 0) is 19.1 Å². The minimum atomic E-state index is -0.989. The molecule has 2 amide bonds. The van der Waals surface area contributed by atoms with Crippen LogP contribution in [0.15, 0.2) is 48.5 Å². The molecule has 0 saturated carbocycles. The van der Waals surface area contributed by atoms with Crippen LogP contribution in [0.4, 0.5) is 4.79 Å². The molecule has 176 valence electrons. The van der Waals surface area contributed by atoms with Gasteiger partial charge < -0.3 is 25.2 Å². The molecule has 2 aromatic carbocycles. The minimum absolute atomic E-state index is 0.00705.